The summed E-state index contributed by atoms with van der Waals surface area (Å²) in [5.74, 6) is 0.859. The molecule has 0 saturated carbocycles. The van der Waals surface area contributed by atoms with E-state index in [9.17, 15) is 10.1 Å². The molecule has 0 bridgehead atoms. The second kappa shape index (κ2) is 20.7. The number of nitrogens with zero attached hydrogens (tertiary/aromatic N) is 6. The summed E-state index contributed by atoms with van der Waals surface area (Å²) in [6, 6.07) is 26.2. The quantitative estimate of drug-likeness (QED) is 0.0482. The Hall–Kier alpha value is -5.07. The fourth-order valence-electron chi connectivity index (χ4n) is 7.40. The van der Waals surface area contributed by atoms with Gasteiger partial charge in [0.1, 0.15) is 34.8 Å². The number of alkyl halides is 1. The lowest BCUT2D eigenvalue weighted by atomic mass is 9.80. The molecule has 1 fully saturated rings. The van der Waals surface area contributed by atoms with E-state index in [1.807, 2.05) is 111 Å². The Labute approximate surface area is 358 Å². The van der Waals surface area contributed by atoms with Gasteiger partial charge in [0, 0.05) is 18.0 Å². The molecule has 2 aromatic heterocycles. The Balaban J connectivity index is 1.44. The molecule has 1 amide bonds. The number of halogens is 1. The first-order valence-electron chi connectivity index (χ1n) is 20.4. The lowest BCUT2D eigenvalue weighted by Crippen LogP contribution is -2.53. The van der Waals surface area contributed by atoms with Gasteiger partial charge in [0.05, 0.1) is 65.1 Å². The van der Waals surface area contributed by atoms with Crippen LogP contribution in [0.3, 0.4) is 0 Å². The Kier molecular flexibility index (Phi) is 15.4. The zero-order chi connectivity index (χ0) is 43.7. The summed E-state index contributed by atoms with van der Waals surface area (Å²) in [5, 5.41) is 12.1. The van der Waals surface area contributed by atoms with Crippen LogP contribution in [0.1, 0.15) is 70.7 Å². The molecule has 1 N–H and O–H groups in total. The number of hydrogen-bond donors (Lipinski definition) is 1. The molecule has 324 valence electrons. The van der Waals surface area contributed by atoms with Crippen LogP contribution in [0.15, 0.2) is 91.4 Å². The van der Waals surface area contributed by atoms with E-state index in [-0.39, 0.29) is 56.1 Å². The summed E-state index contributed by atoms with van der Waals surface area (Å²) in [6.07, 6.45) is -0.795. The predicted molar refractivity (Wildman–Crippen MR) is 231 cm³/mol. The average Bonchev–Trinajstić information content (AvgIpc) is 3.68. The SMILES string of the molecule is COc1ccc(C(OC[C@H]2OC[C@@H](n3cnc4cnc(NC(=O)C(C)C)nc43)[C@@H](F)C2OP(OCCC#N)N(C(C)C)C(C)C)(c2ccccc2)c2ccc(OC)cc2)cc1. The van der Waals surface area contributed by atoms with Gasteiger partial charge in [-0.15, -0.1) is 0 Å². The van der Waals surface area contributed by atoms with Gasteiger partial charge in [-0.3, -0.25) is 10.1 Å². The molecule has 61 heavy (non-hydrogen) atoms. The molecule has 5 atom stereocenters. The highest BCUT2D eigenvalue weighted by molar-refractivity contribution is 7.44. The third-order valence-corrected chi connectivity index (χ3v) is 12.6. The maximum absolute atomic E-state index is 17.9. The number of amides is 1. The van der Waals surface area contributed by atoms with Crippen molar-refractivity contribution < 1.29 is 37.2 Å². The normalized spacial score (nSPS) is 18.8. The van der Waals surface area contributed by atoms with Gasteiger partial charge < -0.3 is 32.6 Å². The van der Waals surface area contributed by atoms with Gasteiger partial charge in [0.25, 0.3) is 8.53 Å². The van der Waals surface area contributed by atoms with Crippen LogP contribution in [-0.2, 0) is 28.9 Å². The minimum absolute atomic E-state index is 0.0501. The molecule has 1 aliphatic heterocycles. The highest BCUT2D eigenvalue weighted by atomic mass is 31.2. The van der Waals surface area contributed by atoms with Crippen LogP contribution in [0.4, 0.5) is 10.3 Å². The first-order chi connectivity index (χ1) is 29.4. The minimum Gasteiger partial charge on any atom is -0.497 e. The summed E-state index contributed by atoms with van der Waals surface area (Å²) < 4.78 is 59.7. The minimum atomic E-state index is -1.92. The van der Waals surface area contributed by atoms with Crippen LogP contribution in [0.25, 0.3) is 11.2 Å². The zero-order valence-electron chi connectivity index (χ0n) is 35.9. The van der Waals surface area contributed by atoms with E-state index in [1.165, 1.54) is 12.5 Å². The molecular weight excluding hydrogens is 801 g/mol. The highest BCUT2D eigenvalue weighted by Crippen LogP contribution is 2.50. The number of fused-ring (bicyclic) bond motifs is 1. The molecule has 2 unspecified atom stereocenters. The van der Waals surface area contributed by atoms with Crippen molar-refractivity contribution >= 4 is 31.5 Å². The van der Waals surface area contributed by atoms with Crippen LogP contribution in [0.5, 0.6) is 11.5 Å². The van der Waals surface area contributed by atoms with E-state index < -0.39 is 38.5 Å². The molecule has 0 spiro atoms. The number of rotatable bonds is 19. The number of carbonyl (C=O) groups is 1. The fourth-order valence-corrected chi connectivity index (χ4v) is 9.16. The molecular formula is C45H55FN7O7P. The van der Waals surface area contributed by atoms with Crippen molar-refractivity contribution in [3.8, 4) is 17.6 Å². The van der Waals surface area contributed by atoms with E-state index >= 15 is 4.39 Å². The number of nitrogens with one attached hydrogen (secondary N) is 1. The number of imidazole rings is 1. The molecule has 16 heteroatoms. The van der Waals surface area contributed by atoms with Crippen molar-refractivity contribution in [1.82, 2.24) is 24.2 Å². The van der Waals surface area contributed by atoms with E-state index in [0.29, 0.717) is 22.7 Å². The van der Waals surface area contributed by atoms with Gasteiger partial charge in [0.15, 0.2) is 11.8 Å². The molecule has 1 saturated heterocycles. The summed E-state index contributed by atoms with van der Waals surface area (Å²) in [7, 11) is 1.30. The first kappa shape index (κ1) is 45.5. The van der Waals surface area contributed by atoms with Crippen molar-refractivity contribution in [3.05, 3.63) is 108 Å². The lowest BCUT2D eigenvalue weighted by Gasteiger charge is -2.44. The molecule has 5 aromatic rings. The fraction of sp³-hybridized carbons (Fsp3) is 0.444. The molecule has 1 aliphatic rings. The van der Waals surface area contributed by atoms with E-state index in [0.717, 1.165) is 16.7 Å². The van der Waals surface area contributed by atoms with Gasteiger partial charge in [0.2, 0.25) is 11.9 Å². The lowest BCUT2D eigenvalue weighted by molar-refractivity contribution is -0.162. The largest absolute Gasteiger partial charge is 0.497 e. The summed E-state index contributed by atoms with van der Waals surface area (Å²) >= 11 is 0. The number of aromatic nitrogens is 4. The van der Waals surface area contributed by atoms with Crippen LogP contribution >= 0.6 is 8.53 Å². The third kappa shape index (κ3) is 10.2. The number of benzene rings is 3. The van der Waals surface area contributed by atoms with Gasteiger partial charge in [-0.2, -0.15) is 10.2 Å². The molecule has 3 aromatic carbocycles. The van der Waals surface area contributed by atoms with Gasteiger partial charge >= 0.3 is 0 Å². The van der Waals surface area contributed by atoms with Crippen molar-refractivity contribution in [2.45, 2.75) is 90.1 Å². The summed E-state index contributed by atoms with van der Waals surface area (Å²) in [5.41, 5.74) is 1.93. The topological polar surface area (TPSA) is 155 Å². The molecule has 0 aliphatic carbocycles. The maximum Gasteiger partial charge on any atom is 0.259 e. The molecule has 0 radical (unpaired) electrons. The highest BCUT2D eigenvalue weighted by Gasteiger charge is 2.48. The summed E-state index contributed by atoms with van der Waals surface area (Å²) in [6.45, 7) is 11.5. The number of nitriles is 1. The Morgan fingerprint density at radius 2 is 1.56 bits per heavy atom. The van der Waals surface area contributed by atoms with E-state index in [4.69, 9.17) is 28.0 Å². The predicted octanol–water partition coefficient (Wildman–Crippen LogP) is 8.39. The van der Waals surface area contributed by atoms with Gasteiger partial charge in [-0.1, -0.05) is 68.4 Å². The number of anilines is 1. The van der Waals surface area contributed by atoms with E-state index in [1.54, 1.807) is 32.6 Å². The van der Waals surface area contributed by atoms with Crippen LogP contribution in [0, 0.1) is 17.2 Å². The first-order valence-corrected chi connectivity index (χ1v) is 21.5. The average molecular weight is 856 g/mol. The van der Waals surface area contributed by atoms with Crippen LogP contribution < -0.4 is 14.8 Å². The van der Waals surface area contributed by atoms with Gasteiger partial charge in [-0.25, -0.2) is 19.0 Å². The number of hydrogen-bond acceptors (Lipinski definition) is 12. The second-order valence-corrected chi connectivity index (χ2v) is 16.9. The third-order valence-electron chi connectivity index (χ3n) is 10.5. The van der Waals surface area contributed by atoms with Gasteiger partial charge in [-0.05, 0) is 68.7 Å². The Bertz CT molecular complexity index is 2170. The van der Waals surface area contributed by atoms with Crippen LogP contribution in [0.2, 0.25) is 0 Å². The monoisotopic (exact) mass is 855 g/mol. The Morgan fingerprint density at radius 3 is 2.11 bits per heavy atom. The van der Waals surface area contributed by atoms with Crippen molar-refractivity contribution in [1.29, 1.82) is 5.26 Å². The number of carbonyl (C=O) groups excluding carboxylic acids is 1. The number of ether oxygens (including phenoxy) is 4. The van der Waals surface area contributed by atoms with Crippen molar-refractivity contribution in [3.63, 3.8) is 0 Å². The molecule has 3 heterocycles. The maximum atomic E-state index is 17.9. The smallest absolute Gasteiger partial charge is 0.259 e. The standard InChI is InChI=1S/C45H55FN7O7P/c1-29(2)43(54)51-44-48-25-37-42(50-44)52(28-49-37)38-26-57-39(41(40(38)46)60-61(59-24-12-23-47)53(30(3)4)31(5)6)27-58-45(32-13-10-9-11-14-32,33-15-19-35(55-7)20-16-33)34-17-21-36(56-8)22-18-34/h9-11,13-22,25,28-31,38-41H,12,24,26-27H2,1-8H3,(H,48,50,51,54)/t38-,39-,40-,41?,61?/m1/s1. The molecule has 6 rings (SSSR count). The second-order valence-electron chi connectivity index (χ2n) is 15.5. The zero-order valence-corrected chi connectivity index (χ0v) is 36.8. The van der Waals surface area contributed by atoms with Crippen LogP contribution in [-0.4, -0.2) is 94.6 Å². The van der Waals surface area contributed by atoms with Crippen molar-refractivity contribution in [2.75, 3.05) is 39.4 Å². The Morgan fingerprint density at radius 1 is 0.951 bits per heavy atom. The summed E-state index contributed by atoms with van der Waals surface area (Å²) in [4.78, 5) is 25.9. The molecule has 14 nitrogen and oxygen atoms in total. The van der Waals surface area contributed by atoms with Crippen molar-refractivity contribution in [2.24, 2.45) is 5.92 Å². The van der Waals surface area contributed by atoms with E-state index in [2.05, 4.69) is 26.3 Å². The number of methoxy groups -OCH3 is 2.